The molecule has 0 aromatic heterocycles. The van der Waals surface area contributed by atoms with Crippen molar-refractivity contribution in [3.05, 3.63) is 71.3 Å². The minimum Gasteiger partial charge on any atom is -0.379 e. The highest BCUT2D eigenvalue weighted by Crippen LogP contribution is 2.29. The van der Waals surface area contributed by atoms with E-state index in [-0.39, 0.29) is 11.3 Å². The molecule has 1 aliphatic heterocycles. The lowest BCUT2D eigenvalue weighted by molar-refractivity contribution is 0.104. The first-order valence-corrected chi connectivity index (χ1v) is 9.47. The monoisotopic (exact) mass is 339 g/mol. The SMILES string of the molecule is CS(=O)c1ccc(C(=O)/C=C2\NC(C)(C)Cc3ccccc32)cc1. The van der Waals surface area contributed by atoms with Gasteiger partial charge in [0.25, 0.3) is 0 Å². The fourth-order valence-electron chi connectivity index (χ4n) is 3.03. The van der Waals surface area contributed by atoms with Crippen molar-refractivity contribution in [3.63, 3.8) is 0 Å². The minimum absolute atomic E-state index is 0.0570. The van der Waals surface area contributed by atoms with Gasteiger partial charge in [-0.3, -0.25) is 9.00 Å². The largest absolute Gasteiger partial charge is 0.379 e. The second-order valence-electron chi connectivity index (χ2n) is 6.74. The molecule has 3 nitrogen and oxygen atoms in total. The fraction of sp³-hybridized carbons (Fsp3) is 0.250. The molecule has 1 unspecified atom stereocenters. The van der Waals surface area contributed by atoms with E-state index in [0.29, 0.717) is 5.56 Å². The molecular weight excluding hydrogens is 318 g/mol. The Bertz CT molecular complexity index is 835. The van der Waals surface area contributed by atoms with Crippen LogP contribution in [0.5, 0.6) is 0 Å². The van der Waals surface area contributed by atoms with E-state index in [1.165, 1.54) is 5.56 Å². The van der Waals surface area contributed by atoms with Crippen LogP contribution in [-0.2, 0) is 17.2 Å². The number of fused-ring (bicyclic) bond motifs is 1. The lowest BCUT2D eigenvalue weighted by Gasteiger charge is -2.35. The molecule has 1 atom stereocenters. The first-order chi connectivity index (χ1) is 11.4. The molecule has 0 saturated carbocycles. The zero-order valence-electron chi connectivity index (χ0n) is 14.1. The molecule has 1 heterocycles. The van der Waals surface area contributed by atoms with Crippen LogP contribution in [0, 0.1) is 0 Å². The van der Waals surface area contributed by atoms with Crippen LogP contribution < -0.4 is 5.32 Å². The summed E-state index contributed by atoms with van der Waals surface area (Å²) in [6.45, 7) is 4.26. The van der Waals surface area contributed by atoms with Crippen LogP contribution in [0.2, 0.25) is 0 Å². The summed E-state index contributed by atoms with van der Waals surface area (Å²) in [6.07, 6.45) is 4.22. The maximum absolute atomic E-state index is 12.6. The molecule has 0 spiro atoms. The van der Waals surface area contributed by atoms with Crippen LogP contribution in [0.25, 0.3) is 5.70 Å². The summed E-state index contributed by atoms with van der Waals surface area (Å²) in [4.78, 5) is 13.3. The Labute approximate surface area is 145 Å². The van der Waals surface area contributed by atoms with Crippen molar-refractivity contribution in [1.82, 2.24) is 5.32 Å². The van der Waals surface area contributed by atoms with Crippen molar-refractivity contribution in [1.29, 1.82) is 0 Å². The molecule has 0 fully saturated rings. The second kappa shape index (κ2) is 6.36. The van der Waals surface area contributed by atoms with Crippen LogP contribution in [0.1, 0.15) is 35.3 Å². The van der Waals surface area contributed by atoms with Gasteiger partial charge in [-0.05, 0) is 50.1 Å². The molecule has 24 heavy (non-hydrogen) atoms. The number of benzene rings is 2. The Morgan fingerprint density at radius 1 is 1.12 bits per heavy atom. The molecule has 4 heteroatoms. The Kier molecular flexibility index (Phi) is 4.41. The zero-order chi connectivity index (χ0) is 17.3. The van der Waals surface area contributed by atoms with Crippen molar-refractivity contribution >= 4 is 22.3 Å². The number of carbonyl (C=O) groups is 1. The average molecular weight is 339 g/mol. The topological polar surface area (TPSA) is 46.2 Å². The van der Waals surface area contributed by atoms with Crippen molar-refractivity contribution < 1.29 is 9.00 Å². The van der Waals surface area contributed by atoms with Crippen LogP contribution >= 0.6 is 0 Å². The average Bonchev–Trinajstić information content (AvgIpc) is 2.53. The number of allylic oxidation sites excluding steroid dienone is 1. The molecule has 124 valence electrons. The summed E-state index contributed by atoms with van der Waals surface area (Å²) in [7, 11) is -1.04. The summed E-state index contributed by atoms with van der Waals surface area (Å²) in [5, 5.41) is 3.47. The van der Waals surface area contributed by atoms with Gasteiger partial charge in [-0.2, -0.15) is 0 Å². The standard InChI is InChI=1S/C20H21NO2S/c1-20(2)13-15-6-4-5-7-17(15)18(21-20)12-19(22)14-8-10-16(11-9-14)24(3)23/h4-12,21H,13H2,1-3H3/b18-12-. The third kappa shape index (κ3) is 3.49. The first-order valence-electron chi connectivity index (χ1n) is 7.92. The van der Waals surface area contributed by atoms with Crippen molar-refractivity contribution in [3.8, 4) is 0 Å². The van der Waals surface area contributed by atoms with E-state index in [0.717, 1.165) is 22.6 Å². The van der Waals surface area contributed by atoms with Gasteiger partial charge in [0.1, 0.15) is 0 Å². The smallest absolute Gasteiger partial charge is 0.187 e. The maximum Gasteiger partial charge on any atom is 0.187 e. The normalized spacial score (nSPS) is 18.5. The van der Waals surface area contributed by atoms with Gasteiger partial charge in [0, 0.05) is 50.4 Å². The Balaban J connectivity index is 1.95. The van der Waals surface area contributed by atoms with Crippen LogP contribution in [0.15, 0.2) is 59.5 Å². The molecule has 0 bridgehead atoms. The highest BCUT2D eigenvalue weighted by atomic mass is 32.2. The first kappa shape index (κ1) is 16.7. The molecule has 2 aromatic carbocycles. The molecule has 0 radical (unpaired) electrons. The van der Waals surface area contributed by atoms with Crippen LogP contribution in [0.3, 0.4) is 0 Å². The molecule has 0 saturated heterocycles. The molecule has 3 rings (SSSR count). The zero-order valence-corrected chi connectivity index (χ0v) is 14.9. The fourth-order valence-corrected chi connectivity index (χ4v) is 3.55. The van der Waals surface area contributed by atoms with E-state index in [1.54, 1.807) is 36.6 Å². The number of hydrogen-bond donors (Lipinski definition) is 1. The van der Waals surface area contributed by atoms with E-state index in [9.17, 15) is 9.00 Å². The van der Waals surface area contributed by atoms with Crippen LogP contribution in [0.4, 0.5) is 0 Å². The number of rotatable bonds is 3. The van der Waals surface area contributed by atoms with Gasteiger partial charge < -0.3 is 5.32 Å². The van der Waals surface area contributed by atoms with Gasteiger partial charge in [-0.15, -0.1) is 0 Å². The third-order valence-corrected chi connectivity index (χ3v) is 5.10. The second-order valence-corrected chi connectivity index (χ2v) is 8.12. The number of ketones is 1. The summed E-state index contributed by atoms with van der Waals surface area (Å²) in [5.74, 6) is -0.0570. The predicted octanol–water partition coefficient (Wildman–Crippen LogP) is 3.57. The molecule has 0 amide bonds. The molecule has 1 aliphatic rings. The predicted molar refractivity (Wildman–Crippen MR) is 98.4 cm³/mol. The summed E-state index contributed by atoms with van der Waals surface area (Å²) < 4.78 is 11.5. The molecule has 2 aromatic rings. The molecular formula is C20H21NO2S. The van der Waals surface area contributed by atoms with E-state index in [1.807, 2.05) is 18.2 Å². The van der Waals surface area contributed by atoms with Gasteiger partial charge in [0.05, 0.1) is 0 Å². The van der Waals surface area contributed by atoms with Gasteiger partial charge in [-0.1, -0.05) is 24.3 Å². The van der Waals surface area contributed by atoms with Crippen LogP contribution in [-0.4, -0.2) is 21.8 Å². The van der Waals surface area contributed by atoms with Gasteiger partial charge >= 0.3 is 0 Å². The molecule has 0 aliphatic carbocycles. The van der Waals surface area contributed by atoms with E-state index in [4.69, 9.17) is 0 Å². The van der Waals surface area contributed by atoms with E-state index in [2.05, 4.69) is 25.2 Å². The highest BCUT2D eigenvalue weighted by Gasteiger charge is 2.27. The van der Waals surface area contributed by atoms with Crippen molar-refractivity contribution in [2.75, 3.05) is 6.26 Å². The Morgan fingerprint density at radius 2 is 1.79 bits per heavy atom. The number of carbonyl (C=O) groups excluding carboxylic acids is 1. The lowest BCUT2D eigenvalue weighted by Crippen LogP contribution is -2.43. The van der Waals surface area contributed by atoms with E-state index >= 15 is 0 Å². The maximum atomic E-state index is 12.6. The van der Waals surface area contributed by atoms with Crippen molar-refractivity contribution in [2.45, 2.75) is 30.7 Å². The van der Waals surface area contributed by atoms with Gasteiger partial charge in [0.2, 0.25) is 0 Å². The number of nitrogens with one attached hydrogen (secondary N) is 1. The summed E-state index contributed by atoms with van der Waals surface area (Å²) in [6, 6.07) is 15.1. The Morgan fingerprint density at radius 3 is 2.46 bits per heavy atom. The Hall–Kier alpha value is -2.20. The van der Waals surface area contributed by atoms with Gasteiger partial charge in [-0.25, -0.2) is 0 Å². The van der Waals surface area contributed by atoms with Crippen molar-refractivity contribution in [2.24, 2.45) is 0 Å². The lowest BCUT2D eigenvalue weighted by atomic mass is 9.85. The molecule has 1 N–H and O–H groups in total. The quantitative estimate of drug-likeness (QED) is 0.687. The summed E-state index contributed by atoms with van der Waals surface area (Å²) in [5.41, 5.74) is 3.69. The highest BCUT2D eigenvalue weighted by molar-refractivity contribution is 7.84. The van der Waals surface area contributed by atoms with E-state index < -0.39 is 10.8 Å². The summed E-state index contributed by atoms with van der Waals surface area (Å²) >= 11 is 0. The minimum atomic E-state index is -1.04. The number of hydrogen-bond acceptors (Lipinski definition) is 3. The third-order valence-electron chi connectivity index (χ3n) is 4.16. The van der Waals surface area contributed by atoms with Gasteiger partial charge in [0.15, 0.2) is 5.78 Å².